The van der Waals surface area contributed by atoms with Gasteiger partial charge in [0.25, 0.3) is 0 Å². The van der Waals surface area contributed by atoms with Crippen molar-refractivity contribution in [3.05, 3.63) is 35.1 Å². The van der Waals surface area contributed by atoms with E-state index in [0.29, 0.717) is 30.9 Å². The van der Waals surface area contributed by atoms with E-state index in [1.807, 2.05) is 13.1 Å². The summed E-state index contributed by atoms with van der Waals surface area (Å²) in [4.78, 5) is 61.5. The molecule has 0 saturated carbocycles. The molecule has 2 bridgehead atoms. The first-order chi connectivity index (χ1) is 20.7. The molecule has 7 atom stereocenters. The molecule has 1 aromatic carbocycles. The monoisotopic (exact) mass is 619 g/mol. The predicted molar refractivity (Wildman–Crippen MR) is 144 cm³/mol. The SMILES string of the molecule is COc1ccc2c3c1O[C@H]1C(OC(=O)[C@@H](O)CC(=O)O[C@@H](C)C(=O)O[C@@H](CC(=O)O)C(=O)O)=CC[C@@]4(O)[C@H](C2)N(C)CC[C@]314. The molecule has 15 heteroatoms. The van der Waals surface area contributed by atoms with Gasteiger partial charge in [0.15, 0.2) is 29.8 Å². The van der Waals surface area contributed by atoms with E-state index in [9.17, 15) is 34.2 Å². The minimum absolute atomic E-state index is 0.0663. The first-order valence-electron chi connectivity index (χ1n) is 14.0. The highest BCUT2D eigenvalue weighted by atomic mass is 16.6. The molecule has 1 spiro atoms. The summed E-state index contributed by atoms with van der Waals surface area (Å²) in [5.41, 5.74) is -0.401. The molecule has 0 unspecified atom stereocenters. The number of likely N-dealkylation sites (N-methyl/N-ethyl adjacent to an activating group) is 1. The number of rotatable bonds is 11. The van der Waals surface area contributed by atoms with Crippen molar-refractivity contribution in [3.8, 4) is 11.5 Å². The van der Waals surface area contributed by atoms with Gasteiger partial charge in [0.05, 0.1) is 31.0 Å². The highest BCUT2D eigenvalue weighted by Gasteiger charge is 2.72. The van der Waals surface area contributed by atoms with Crippen molar-refractivity contribution in [3.63, 3.8) is 0 Å². The van der Waals surface area contributed by atoms with Crippen LogP contribution in [0.5, 0.6) is 11.5 Å². The molecule has 0 aromatic heterocycles. The Morgan fingerprint density at radius 2 is 1.84 bits per heavy atom. The maximum absolute atomic E-state index is 13.0. The summed E-state index contributed by atoms with van der Waals surface area (Å²) in [5.74, 6) is -6.00. The first-order valence-corrected chi connectivity index (χ1v) is 14.0. The van der Waals surface area contributed by atoms with Gasteiger partial charge in [-0.05, 0) is 51.1 Å². The van der Waals surface area contributed by atoms with Crippen molar-refractivity contribution in [2.24, 2.45) is 0 Å². The molecule has 4 aliphatic rings. The number of esters is 3. The number of hydrogen-bond acceptors (Lipinski definition) is 13. The summed E-state index contributed by atoms with van der Waals surface area (Å²) in [6, 6.07) is 3.50. The number of carboxylic acid groups (broad SMARTS) is 2. The molecule has 1 fully saturated rings. The summed E-state index contributed by atoms with van der Waals surface area (Å²) in [6.45, 7) is 1.69. The zero-order chi connectivity index (χ0) is 32.1. The smallest absolute Gasteiger partial charge is 0.348 e. The van der Waals surface area contributed by atoms with E-state index in [2.05, 4.69) is 9.64 Å². The minimum Gasteiger partial charge on any atom is -0.493 e. The molecule has 2 heterocycles. The Labute approximate surface area is 250 Å². The van der Waals surface area contributed by atoms with E-state index in [4.69, 9.17) is 29.2 Å². The Morgan fingerprint density at radius 3 is 2.50 bits per heavy atom. The topological polar surface area (TPSA) is 216 Å². The normalized spacial score (nSPS) is 28.2. The number of aliphatic hydroxyl groups excluding tert-OH is 1. The number of carbonyl (C=O) groups is 5. The maximum Gasteiger partial charge on any atom is 0.348 e. The van der Waals surface area contributed by atoms with Crippen LogP contribution in [0.2, 0.25) is 0 Å². The summed E-state index contributed by atoms with van der Waals surface area (Å²) >= 11 is 0. The number of hydrogen-bond donors (Lipinski definition) is 4. The number of carboxylic acids is 2. The lowest BCUT2D eigenvalue weighted by Gasteiger charge is -2.61. The lowest BCUT2D eigenvalue weighted by atomic mass is 9.50. The van der Waals surface area contributed by atoms with Crippen LogP contribution in [0.25, 0.3) is 0 Å². The number of methoxy groups -OCH3 is 1. The van der Waals surface area contributed by atoms with Gasteiger partial charge in [-0.3, -0.25) is 9.59 Å². The van der Waals surface area contributed by atoms with Crippen LogP contribution < -0.4 is 9.47 Å². The van der Waals surface area contributed by atoms with Crippen LogP contribution in [0, 0.1) is 0 Å². The lowest BCUT2D eigenvalue weighted by Crippen LogP contribution is -2.74. The van der Waals surface area contributed by atoms with Crippen LogP contribution in [0.4, 0.5) is 0 Å². The summed E-state index contributed by atoms with van der Waals surface area (Å²) in [5, 5.41) is 40.5. The average molecular weight is 620 g/mol. The second-order valence-electron chi connectivity index (χ2n) is 11.4. The number of benzene rings is 1. The van der Waals surface area contributed by atoms with Gasteiger partial charge in [0, 0.05) is 18.0 Å². The fourth-order valence-corrected chi connectivity index (χ4v) is 6.88. The van der Waals surface area contributed by atoms with Crippen LogP contribution in [0.15, 0.2) is 24.0 Å². The molecular formula is C29H33NO14. The van der Waals surface area contributed by atoms with Gasteiger partial charge >= 0.3 is 29.8 Å². The Kier molecular flexibility index (Phi) is 8.07. The Hall–Kier alpha value is -4.21. The van der Waals surface area contributed by atoms with Crippen molar-refractivity contribution < 1.29 is 68.1 Å². The number of ether oxygens (including phenoxy) is 5. The molecule has 15 nitrogen and oxygen atoms in total. The van der Waals surface area contributed by atoms with Crippen molar-refractivity contribution >= 4 is 29.8 Å². The van der Waals surface area contributed by atoms with Gasteiger partial charge in [-0.2, -0.15) is 0 Å². The Morgan fingerprint density at radius 1 is 1.11 bits per heavy atom. The number of likely N-dealkylation sites (tertiary alicyclic amines) is 1. The Bertz CT molecular complexity index is 1440. The quantitative estimate of drug-likeness (QED) is 0.184. The molecule has 238 valence electrons. The summed E-state index contributed by atoms with van der Waals surface area (Å²) < 4.78 is 26.9. The third-order valence-corrected chi connectivity index (χ3v) is 8.94. The van der Waals surface area contributed by atoms with Crippen molar-refractivity contribution in [1.82, 2.24) is 4.90 Å². The van der Waals surface area contributed by atoms with Gasteiger partial charge in [0.1, 0.15) is 5.76 Å². The van der Waals surface area contributed by atoms with E-state index in [1.54, 1.807) is 12.1 Å². The lowest BCUT2D eigenvalue weighted by molar-refractivity contribution is -0.179. The first kappa shape index (κ1) is 31.2. The zero-order valence-corrected chi connectivity index (χ0v) is 24.2. The number of nitrogens with zero attached hydrogens (tertiary/aromatic N) is 1. The van der Waals surface area contributed by atoms with E-state index in [0.717, 1.165) is 18.1 Å². The molecule has 2 aliphatic heterocycles. The highest BCUT2D eigenvalue weighted by Crippen LogP contribution is 2.65. The van der Waals surface area contributed by atoms with E-state index in [1.165, 1.54) is 7.11 Å². The van der Waals surface area contributed by atoms with E-state index >= 15 is 0 Å². The van der Waals surface area contributed by atoms with Crippen LogP contribution in [0.1, 0.15) is 43.7 Å². The molecule has 5 rings (SSSR count). The van der Waals surface area contributed by atoms with Crippen molar-refractivity contribution in [2.75, 3.05) is 20.7 Å². The molecular weight excluding hydrogens is 586 g/mol. The number of piperidine rings is 1. The molecule has 4 N–H and O–H groups in total. The number of aliphatic hydroxyl groups is 2. The average Bonchev–Trinajstić information content (AvgIpc) is 3.31. The van der Waals surface area contributed by atoms with Crippen LogP contribution in [-0.2, 0) is 50.0 Å². The van der Waals surface area contributed by atoms with Gasteiger partial charge < -0.3 is 49.0 Å². The van der Waals surface area contributed by atoms with Gasteiger partial charge in [0.2, 0.25) is 6.10 Å². The second kappa shape index (κ2) is 11.4. The van der Waals surface area contributed by atoms with E-state index in [-0.39, 0.29) is 18.2 Å². The standard InChI is InChI=1S/C29H33NO14/c1-13(26(37)43-18(25(35)36)12-20(32)33)41-21(34)11-15(31)27(38)42-17-6-7-29(39)19-10-14-4-5-16(40-3)23-22(14)28(29,24(17)44-23)8-9-30(19)2/h4-6,13,15,18-19,24,31,39H,7-12H2,1-3H3,(H,32,33)(H,35,36)/t13-,15-,18-,19-,24-,28-,29+/m0/s1. The minimum atomic E-state index is -2.02. The molecule has 1 saturated heterocycles. The van der Waals surface area contributed by atoms with Gasteiger partial charge in [-0.1, -0.05) is 6.07 Å². The fraction of sp³-hybridized carbons (Fsp3) is 0.552. The van der Waals surface area contributed by atoms with Crippen molar-refractivity contribution in [2.45, 2.75) is 80.5 Å². The molecule has 1 aromatic rings. The molecule has 0 amide bonds. The van der Waals surface area contributed by atoms with Gasteiger partial charge in [-0.15, -0.1) is 0 Å². The van der Waals surface area contributed by atoms with E-state index < -0.39 is 78.1 Å². The third kappa shape index (κ3) is 4.94. The third-order valence-electron chi connectivity index (χ3n) is 8.94. The highest BCUT2D eigenvalue weighted by molar-refractivity contribution is 5.86. The molecule has 2 aliphatic carbocycles. The predicted octanol–water partition coefficient (Wildman–Crippen LogP) is -0.330. The van der Waals surface area contributed by atoms with Crippen molar-refractivity contribution in [1.29, 1.82) is 0 Å². The maximum atomic E-state index is 13.0. The summed E-state index contributed by atoms with van der Waals surface area (Å²) in [6.07, 6.45) is -5.79. The molecule has 0 radical (unpaired) electrons. The zero-order valence-electron chi connectivity index (χ0n) is 24.2. The second-order valence-corrected chi connectivity index (χ2v) is 11.4. The van der Waals surface area contributed by atoms with Crippen LogP contribution in [-0.4, -0.2) is 112 Å². The Balaban J connectivity index is 1.28. The molecule has 44 heavy (non-hydrogen) atoms. The van der Waals surface area contributed by atoms with Crippen LogP contribution >= 0.6 is 0 Å². The summed E-state index contributed by atoms with van der Waals surface area (Å²) in [7, 11) is 3.45. The van der Waals surface area contributed by atoms with Crippen LogP contribution in [0.3, 0.4) is 0 Å². The number of carbonyl (C=O) groups excluding carboxylic acids is 3. The van der Waals surface area contributed by atoms with Gasteiger partial charge in [-0.25, -0.2) is 14.4 Å². The largest absolute Gasteiger partial charge is 0.493 e. The fourth-order valence-electron chi connectivity index (χ4n) is 6.88. The number of aliphatic carboxylic acids is 2.